The zero-order chi connectivity index (χ0) is 65.9. The smallest absolute Gasteiger partial charge is 0.407 e. The SMILES string of the molecule is CN[C@H](C(=O)N[C@H](C(=O)N(C)[C@H](/C=C(\C)C(=O)O)C(C)C)C(C)(C)C)C(C)(C)c1cccc(CNC(=O)OCc2ccc(NC(=O)[C@H](CCCNC(N)=O)NC(=O)[C@@H](NC(=O)CCC(=O)N3Cc4ccccc4/C=C\C(C)c4ccccc43)C(C)C)cc2)c1. The third kappa shape index (κ3) is 20.4. The van der Waals surface area contributed by atoms with E-state index < -0.39 is 88.7 Å². The summed E-state index contributed by atoms with van der Waals surface area (Å²) in [6.45, 7) is 20.6. The van der Waals surface area contributed by atoms with Crippen molar-refractivity contribution >= 4 is 71.0 Å². The third-order valence-electron chi connectivity index (χ3n) is 16.0. The minimum absolute atomic E-state index is 0.00834. The molecule has 21 heteroatoms. The Kier molecular flexibility index (Phi) is 25.8. The van der Waals surface area contributed by atoms with Crippen LogP contribution in [0.1, 0.15) is 141 Å². The van der Waals surface area contributed by atoms with Gasteiger partial charge in [0.25, 0.3) is 0 Å². The van der Waals surface area contributed by atoms with Crippen molar-refractivity contribution in [3.63, 3.8) is 0 Å². The molecule has 21 nitrogen and oxygen atoms in total. The molecule has 0 bridgehead atoms. The molecule has 0 saturated carbocycles. The maximum absolute atomic E-state index is 14.2. The Morgan fingerprint density at radius 3 is 2.09 bits per heavy atom. The van der Waals surface area contributed by atoms with E-state index in [1.807, 2.05) is 121 Å². The number of nitrogens with two attached hydrogens (primary N) is 1. The first-order chi connectivity index (χ1) is 41.9. The number of rotatable bonds is 27. The number of nitrogens with zero attached hydrogens (tertiary/aromatic N) is 2. The summed E-state index contributed by atoms with van der Waals surface area (Å²) in [5.74, 6) is -4.35. The molecule has 1 unspecified atom stereocenters. The monoisotopic (exact) mass is 1220 g/mol. The Morgan fingerprint density at radius 1 is 0.775 bits per heavy atom. The molecule has 480 valence electrons. The van der Waals surface area contributed by atoms with Crippen LogP contribution in [0.5, 0.6) is 0 Å². The van der Waals surface area contributed by atoms with Gasteiger partial charge in [0, 0.05) is 61.3 Å². The Labute approximate surface area is 523 Å². The van der Waals surface area contributed by atoms with Crippen LogP contribution in [0.3, 0.4) is 0 Å². The number of ether oxygens (including phenoxy) is 1. The van der Waals surface area contributed by atoms with E-state index in [1.54, 1.807) is 63.2 Å². The fourth-order valence-electron chi connectivity index (χ4n) is 10.6. The van der Waals surface area contributed by atoms with Crippen LogP contribution in [0.2, 0.25) is 0 Å². The lowest BCUT2D eigenvalue weighted by Gasteiger charge is -2.40. The molecule has 89 heavy (non-hydrogen) atoms. The Morgan fingerprint density at radius 2 is 1.45 bits per heavy atom. The highest BCUT2D eigenvalue weighted by atomic mass is 16.5. The van der Waals surface area contributed by atoms with Crippen LogP contribution in [-0.4, -0.2) is 114 Å². The Hall–Kier alpha value is -8.85. The maximum atomic E-state index is 14.2. The van der Waals surface area contributed by atoms with E-state index in [1.165, 1.54) is 11.8 Å². The predicted octanol–water partition coefficient (Wildman–Crippen LogP) is 8.18. The Balaban J connectivity index is 1.17. The second kappa shape index (κ2) is 32.4. The molecule has 0 aliphatic carbocycles. The number of benzene rings is 4. The average Bonchev–Trinajstić information content (AvgIpc) is 1.78. The van der Waals surface area contributed by atoms with Gasteiger partial charge < -0.3 is 62.6 Å². The predicted molar refractivity (Wildman–Crippen MR) is 345 cm³/mol. The lowest BCUT2D eigenvalue weighted by Crippen LogP contribution is -2.61. The first-order valence-corrected chi connectivity index (χ1v) is 30.3. The molecule has 0 saturated heterocycles. The van der Waals surface area contributed by atoms with Gasteiger partial charge in [0.1, 0.15) is 24.7 Å². The highest BCUT2D eigenvalue weighted by Gasteiger charge is 2.42. The molecule has 0 spiro atoms. The summed E-state index contributed by atoms with van der Waals surface area (Å²) in [5.41, 5.74) is 9.98. The first-order valence-electron chi connectivity index (χ1n) is 30.3. The van der Waals surface area contributed by atoms with Crippen molar-refractivity contribution < 1.29 is 53.0 Å². The quantitative estimate of drug-likeness (QED) is 0.0202. The first kappa shape index (κ1) is 70.9. The summed E-state index contributed by atoms with van der Waals surface area (Å²) in [6.07, 6.45) is 5.06. The maximum Gasteiger partial charge on any atom is 0.407 e. The highest BCUT2D eigenvalue weighted by molar-refractivity contribution is 6.00. The summed E-state index contributed by atoms with van der Waals surface area (Å²) in [6, 6.07) is 24.3. The summed E-state index contributed by atoms with van der Waals surface area (Å²) >= 11 is 0. The molecule has 1 heterocycles. The fraction of sp³-hybridized carbons (Fsp3) is 0.456. The van der Waals surface area contributed by atoms with Gasteiger partial charge in [0.15, 0.2) is 0 Å². The van der Waals surface area contributed by atoms with Crippen LogP contribution in [0.25, 0.3) is 6.08 Å². The highest BCUT2D eigenvalue weighted by Crippen LogP contribution is 2.34. The lowest BCUT2D eigenvalue weighted by molar-refractivity contribution is -0.141. The number of fused-ring (bicyclic) bond motifs is 2. The van der Waals surface area contributed by atoms with Crippen LogP contribution in [-0.2, 0) is 63.4 Å². The number of anilines is 2. The van der Waals surface area contributed by atoms with Gasteiger partial charge in [-0.1, -0.05) is 166 Å². The number of carboxylic acid groups (broad SMARTS) is 1. The molecule has 4 aromatic carbocycles. The van der Waals surface area contributed by atoms with Gasteiger partial charge in [0.05, 0.1) is 18.6 Å². The number of urea groups is 1. The number of carboxylic acids is 1. The average molecular weight is 1230 g/mol. The van der Waals surface area contributed by atoms with Gasteiger partial charge in [-0.05, 0) is 95.6 Å². The minimum Gasteiger partial charge on any atom is -0.478 e. The summed E-state index contributed by atoms with van der Waals surface area (Å²) in [5, 5.41) is 29.4. The standard InChI is InChI=1S/C68H92N10O11/c1-41(2)54(36-44(6)64(85)86)77(13)63(84)59(67(7,8)9)76-62(83)58(70-12)68(10,11)49-23-18-20-46(37-49)38-72-66(88)89-40-45-28-31-50(32-29-45)73-60(81)52(25-19-35-71-65(69)87)74-61(82)57(42(3)4)75-55(79)33-34-56(80)78-39-48-22-15-14-21-47(48)30-27-43(5)51-24-16-17-26-53(51)78/h14-18,20-24,26-32,36-37,41-43,52,54,57-59,70H,19,25,33-35,38-40H2,1-13H3,(H,72,88)(H,73,81)(H,74,82)(H,75,79)(H,76,83)(H,85,86)(H3,69,71,87)/b30-27-,44-36+/t43?,52-,54+,57-,58+,59+/m0/s1. The molecular formula is C68H92N10O11. The summed E-state index contributed by atoms with van der Waals surface area (Å²) in [7, 11) is 3.28. The van der Waals surface area contributed by atoms with Gasteiger partial charge >= 0.3 is 18.1 Å². The molecule has 10 N–H and O–H groups in total. The second-order valence-corrected chi connectivity index (χ2v) is 25.1. The molecule has 1 aliphatic heterocycles. The number of para-hydroxylation sites is 1. The molecule has 4 aromatic rings. The normalized spacial score (nSPS) is 15.4. The third-order valence-corrected chi connectivity index (χ3v) is 16.0. The van der Waals surface area contributed by atoms with Crippen molar-refractivity contribution in [3.05, 3.63) is 148 Å². The van der Waals surface area contributed by atoms with E-state index in [0.29, 0.717) is 17.8 Å². The number of likely N-dealkylation sites (N-methyl/N-ethyl adjacent to an activating group) is 2. The second-order valence-electron chi connectivity index (χ2n) is 25.1. The number of primary amides is 1. The van der Waals surface area contributed by atoms with Crippen molar-refractivity contribution in [2.24, 2.45) is 23.0 Å². The number of amides is 9. The number of nitrogens with one attached hydrogen (secondary N) is 7. The molecule has 9 amide bonds. The molecule has 1 aliphatic rings. The number of carbonyl (C=O) groups is 9. The molecule has 0 radical (unpaired) electrons. The van der Waals surface area contributed by atoms with Crippen LogP contribution >= 0.6 is 0 Å². The number of allylic oxidation sites excluding steroid dienone is 1. The number of alkyl carbamates (subject to hydrolysis) is 1. The van der Waals surface area contributed by atoms with Crippen LogP contribution < -0.4 is 47.9 Å². The number of aliphatic carboxylic acids is 1. The lowest BCUT2D eigenvalue weighted by atomic mass is 9.76. The molecular weight excluding hydrogens is 1130 g/mol. The zero-order valence-electron chi connectivity index (χ0n) is 53.7. The van der Waals surface area contributed by atoms with Crippen molar-refractivity contribution in [2.45, 2.75) is 163 Å². The van der Waals surface area contributed by atoms with E-state index in [0.717, 1.165) is 33.5 Å². The van der Waals surface area contributed by atoms with Crippen molar-refractivity contribution in [1.82, 2.24) is 36.8 Å². The van der Waals surface area contributed by atoms with E-state index >= 15 is 0 Å². The number of hydrogen-bond donors (Lipinski definition) is 9. The van der Waals surface area contributed by atoms with Crippen molar-refractivity contribution in [2.75, 3.05) is 30.9 Å². The largest absolute Gasteiger partial charge is 0.478 e. The topological polar surface area (TPSA) is 300 Å². The molecule has 5 rings (SSSR count). The van der Waals surface area contributed by atoms with E-state index in [-0.39, 0.29) is 74.6 Å². The zero-order valence-corrected chi connectivity index (χ0v) is 53.7. The van der Waals surface area contributed by atoms with Crippen molar-refractivity contribution in [1.29, 1.82) is 0 Å². The molecule has 0 fully saturated rings. The van der Waals surface area contributed by atoms with Gasteiger partial charge in [-0.2, -0.15) is 0 Å². The van der Waals surface area contributed by atoms with Gasteiger partial charge in [-0.15, -0.1) is 0 Å². The summed E-state index contributed by atoms with van der Waals surface area (Å²) < 4.78 is 5.53. The van der Waals surface area contributed by atoms with Crippen LogP contribution in [0, 0.1) is 17.3 Å². The summed E-state index contributed by atoms with van der Waals surface area (Å²) in [4.78, 5) is 123. The minimum atomic E-state index is -1.11. The van der Waals surface area contributed by atoms with Gasteiger partial charge in [-0.3, -0.25) is 28.8 Å². The van der Waals surface area contributed by atoms with E-state index in [4.69, 9.17) is 10.5 Å². The Bertz CT molecular complexity index is 3220. The molecule has 0 aromatic heterocycles. The van der Waals surface area contributed by atoms with E-state index in [2.05, 4.69) is 56.3 Å². The number of carbonyl (C=O) groups excluding carboxylic acids is 8. The fourth-order valence-corrected chi connectivity index (χ4v) is 10.6. The van der Waals surface area contributed by atoms with Crippen LogP contribution in [0.4, 0.5) is 21.0 Å². The van der Waals surface area contributed by atoms with Gasteiger partial charge in [-0.25, -0.2) is 14.4 Å². The van der Waals surface area contributed by atoms with Crippen LogP contribution in [0.15, 0.2) is 115 Å². The van der Waals surface area contributed by atoms with Crippen molar-refractivity contribution in [3.8, 4) is 0 Å². The van der Waals surface area contributed by atoms with Gasteiger partial charge in [0.2, 0.25) is 35.4 Å². The number of hydrogen-bond acceptors (Lipinski definition) is 11. The molecule has 6 atom stereocenters. The van der Waals surface area contributed by atoms with E-state index in [9.17, 15) is 48.3 Å².